The molecule has 7 heteroatoms. The molecule has 0 N–H and O–H groups in total. The molecule has 2 rings (SSSR count). The van der Waals surface area contributed by atoms with Gasteiger partial charge >= 0.3 is 5.97 Å². The number of ether oxygens (including phenoxy) is 2. The van der Waals surface area contributed by atoms with E-state index in [1.165, 1.54) is 0 Å². The molecule has 1 heterocycles. The zero-order chi connectivity index (χ0) is 16.8. The zero-order valence-corrected chi connectivity index (χ0v) is 15.2. The number of amides is 1. The third-order valence-electron chi connectivity index (χ3n) is 3.64. The van der Waals surface area contributed by atoms with Gasteiger partial charge in [0, 0.05) is 17.6 Å². The summed E-state index contributed by atoms with van der Waals surface area (Å²) in [7, 11) is 0. The van der Waals surface area contributed by atoms with Gasteiger partial charge in [-0.05, 0) is 38.0 Å². The van der Waals surface area contributed by atoms with Crippen molar-refractivity contribution in [2.45, 2.75) is 19.8 Å². The normalized spacial score (nSPS) is 17.7. The smallest absolute Gasteiger partial charge is 0.310 e. The van der Waals surface area contributed by atoms with Crippen molar-refractivity contribution in [3.8, 4) is 5.75 Å². The maximum atomic E-state index is 12.3. The van der Waals surface area contributed by atoms with E-state index in [1.54, 1.807) is 30.0 Å². The molecular weight excluding hydrogens is 386 g/mol. The van der Waals surface area contributed by atoms with Crippen molar-refractivity contribution in [1.29, 1.82) is 0 Å². The fourth-order valence-corrected chi connectivity index (χ4v) is 3.21. The molecule has 0 aromatic heterocycles. The Morgan fingerprint density at radius 3 is 2.91 bits per heavy atom. The second-order valence-corrected chi connectivity index (χ2v) is 6.62. The molecule has 1 aliphatic heterocycles. The molecule has 5 nitrogen and oxygen atoms in total. The standard InChI is InChI=1S/C16H19BrClNO4/c1-2-22-16(21)11-4-3-7-19(9-11)15(20)10-23-14-6-5-12(17)8-13(14)18/h5-6,8,11H,2-4,7,9-10H2,1H3. The van der Waals surface area contributed by atoms with Gasteiger partial charge in [-0.15, -0.1) is 0 Å². The van der Waals surface area contributed by atoms with Gasteiger partial charge in [-0.2, -0.15) is 0 Å². The number of hydrogen-bond acceptors (Lipinski definition) is 4. The number of benzene rings is 1. The lowest BCUT2D eigenvalue weighted by atomic mass is 9.98. The Bertz CT molecular complexity index is 581. The molecule has 126 valence electrons. The molecule has 1 atom stereocenters. The number of piperidine rings is 1. The van der Waals surface area contributed by atoms with Gasteiger partial charge in [0.2, 0.25) is 0 Å². The molecule has 1 unspecified atom stereocenters. The fraction of sp³-hybridized carbons (Fsp3) is 0.500. The van der Waals surface area contributed by atoms with Gasteiger partial charge in [0.15, 0.2) is 6.61 Å². The van der Waals surface area contributed by atoms with Crippen LogP contribution in [-0.4, -0.2) is 43.1 Å². The quantitative estimate of drug-likeness (QED) is 0.707. The zero-order valence-electron chi connectivity index (χ0n) is 12.9. The summed E-state index contributed by atoms with van der Waals surface area (Å²) in [5, 5.41) is 0.440. The summed E-state index contributed by atoms with van der Waals surface area (Å²) in [6, 6.07) is 5.21. The lowest BCUT2D eigenvalue weighted by Crippen LogP contribution is -2.44. The van der Waals surface area contributed by atoms with Crippen molar-refractivity contribution < 1.29 is 19.1 Å². The molecule has 23 heavy (non-hydrogen) atoms. The molecular formula is C16H19BrClNO4. The number of halogens is 2. The van der Waals surface area contributed by atoms with E-state index in [9.17, 15) is 9.59 Å². The molecule has 0 saturated carbocycles. The van der Waals surface area contributed by atoms with E-state index in [1.807, 2.05) is 0 Å². The summed E-state index contributed by atoms with van der Waals surface area (Å²) in [6.07, 6.45) is 1.54. The molecule has 1 aromatic rings. The van der Waals surface area contributed by atoms with Crippen LogP contribution in [0.2, 0.25) is 5.02 Å². The van der Waals surface area contributed by atoms with Crippen LogP contribution in [-0.2, 0) is 14.3 Å². The largest absolute Gasteiger partial charge is 0.482 e. The van der Waals surface area contributed by atoms with E-state index in [4.69, 9.17) is 21.1 Å². The Morgan fingerprint density at radius 2 is 2.22 bits per heavy atom. The minimum atomic E-state index is -0.246. The van der Waals surface area contributed by atoms with Crippen LogP contribution < -0.4 is 4.74 Å². The van der Waals surface area contributed by atoms with Crippen LogP contribution in [0, 0.1) is 5.92 Å². The third kappa shape index (κ3) is 5.11. The van der Waals surface area contributed by atoms with Crippen LogP contribution in [0.1, 0.15) is 19.8 Å². The Hall–Kier alpha value is -1.27. The van der Waals surface area contributed by atoms with E-state index < -0.39 is 0 Å². The van der Waals surface area contributed by atoms with Crippen molar-refractivity contribution in [2.75, 3.05) is 26.3 Å². The number of esters is 1. The average Bonchev–Trinajstić information content (AvgIpc) is 2.54. The SMILES string of the molecule is CCOC(=O)C1CCCN(C(=O)COc2ccc(Br)cc2Cl)C1. The van der Waals surface area contributed by atoms with E-state index in [-0.39, 0.29) is 24.4 Å². The van der Waals surface area contributed by atoms with Crippen LogP contribution in [0.5, 0.6) is 5.75 Å². The van der Waals surface area contributed by atoms with E-state index in [0.29, 0.717) is 30.5 Å². The molecule has 1 saturated heterocycles. The molecule has 0 bridgehead atoms. The highest BCUT2D eigenvalue weighted by Gasteiger charge is 2.29. The predicted molar refractivity (Wildman–Crippen MR) is 90.6 cm³/mol. The predicted octanol–water partition coefficient (Wildman–Crippen LogP) is 3.28. The van der Waals surface area contributed by atoms with E-state index >= 15 is 0 Å². The average molecular weight is 405 g/mol. The molecule has 1 amide bonds. The second kappa shape index (κ2) is 8.55. The topological polar surface area (TPSA) is 55.8 Å². The van der Waals surface area contributed by atoms with Gasteiger partial charge < -0.3 is 14.4 Å². The van der Waals surface area contributed by atoms with Crippen molar-refractivity contribution in [3.05, 3.63) is 27.7 Å². The molecule has 0 radical (unpaired) electrons. The number of likely N-dealkylation sites (tertiary alicyclic amines) is 1. The van der Waals surface area contributed by atoms with Gasteiger partial charge in [-0.3, -0.25) is 9.59 Å². The van der Waals surface area contributed by atoms with Gasteiger partial charge in [0.1, 0.15) is 5.75 Å². The summed E-state index contributed by atoms with van der Waals surface area (Å²) >= 11 is 9.37. The number of nitrogens with zero attached hydrogens (tertiary/aromatic N) is 1. The van der Waals surface area contributed by atoms with Gasteiger partial charge in [-0.25, -0.2) is 0 Å². The highest BCUT2D eigenvalue weighted by atomic mass is 79.9. The Balaban J connectivity index is 1.88. The fourth-order valence-electron chi connectivity index (χ4n) is 2.48. The molecule has 0 aliphatic carbocycles. The molecule has 1 aliphatic rings. The first-order valence-electron chi connectivity index (χ1n) is 7.53. The minimum absolute atomic E-state index is 0.100. The van der Waals surface area contributed by atoms with Crippen LogP contribution in [0.3, 0.4) is 0 Å². The van der Waals surface area contributed by atoms with Crippen molar-refractivity contribution in [2.24, 2.45) is 5.92 Å². The van der Waals surface area contributed by atoms with Crippen molar-refractivity contribution >= 4 is 39.4 Å². The van der Waals surface area contributed by atoms with E-state index in [0.717, 1.165) is 17.3 Å². The number of carbonyl (C=O) groups excluding carboxylic acids is 2. The van der Waals surface area contributed by atoms with Gasteiger partial charge in [0.05, 0.1) is 17.5 Å². The lowest BCUT2D eigenvalue weighted by Gasteiger charge is -2.31. The number of carbonyl (C=O) groups is 2. The first-order valence-corrected chi connectivity index (χ1v) is 8.70. The molecule has 0 spiro atoms. The highest BCUT2D eigenvalue weighted by Crippen LogP contribution is 2.28. The number of hydrogen-bond donors (Lipinski definition) is 0. The maximum Gasteiger partial charge on any atom is 0.310 e. The lowest BCUT2D eigenvalue weighted by molar-refractivity contribution is -0.151. The van der Waals surface area contributed by atoms with Crippen LogP contribution in [0.4, 0.5) is 0 Å². The van der Waals surface area contributed by atoms with Crippen molar-refractivity contribution in [3.63, 3.8) is 0 Å². The third-order valence-corrected chi connectivity index (χ3v) is 4.43. The Labute approximate surface area is 149 Å². The summed E-state index contributed by atoms with van der Waals surface area (Å²) in [5.74, 6) is -0.175. The Kier molecular flexibility index (Phi) is 6.72. The highest BCUT2D eigenvalue weighted by molar-refractivity contribution is 9.10. The summed E-state index contributed by atoms with van der Waals surface area (Å²) in [6.45, 7) is 3.05. The van der Waals surface area contributed by atoms with Crippen molar-refractivity contribution in [1.82, 2.24) is 4.90 Å². The maximum absolute atomic E-state index is 12.3. The molecule has 1 fully saturated rings. The summed E-state index contributed by atoms with van der Waals surface area (Å²) < 4.78 is 11.4. The second-order valence-electron chi connectivity index (χ2n) is 5.29. The Morgan fingerprint density at radius 1 is 1.43 bits per heavy atom. The first kappa shape index (κ1) is 18.1. The van der Waals surface area contributed by atoms with Crippen LogP contribution in [0.25, 0.3) is 0 Å². The summed E-state index contributed by atoms with van der Waals surface area (Å²) in [4.78, 5) is 25.7. The van der Waals surface area contributed by atoms with Gasteiger partial charge in [0.25, 0.3) is 5.91 Å². The van der Waals surface area contributed by atoms with Crippen LogP contribution >= 0.6 is 27.5 Å². The number of rotatable bonds is 5. The first-order chi connectivity index (χ1) is 11.0. The van der Waals surface area contributed by atoms with Crippen LogP contribution in [0.15, 0.2) is 22.7 Å². The summed E-state index contributed by atoms with van der Waals surface area (Å²) in [5.41, 5.74) is 0. The minimum Gasteiger partial charge on any atom is -0.482 e. The monoisotopic (exact) mass is 403 g/mol. The van der Waals surface area contributed by atoms with E-state index in [2.05, 4.69) is 15.9 Å². The van der Waals surface area contributed by atoms with Gasteiger partial charge in [-0.1, -0.05) is 27.5 Å². The molecule has 1 aromatic carbocycles.